The van der Waals surface area contributed by atoms with Crippen LogP contribution in [0.1, 0.15) is 19.3 Å². The van der Waals surface area contributed by atoms with Gasteiger partial charge in [-0.05, 0) is 31.0 Å². The molecule has 0 bridgehead atoms. The van der Waals surface area contributed by atoms with E-state index in [1.54, 1.807) is 29.2 Å². The number of nitrogens with zero attached hydrogens (tertiary/aromatic N) is 2. The Labute approximate surface area is 177 Å². The number of benzene rings is 2. The minimum absolute atomic E-state index is 0.00446. The molecule has 2 aromatic carbocycles. The van der Waals surface area contributed by atoms with Crippen molar-refractivity contribution in [2.24, 2.45) is 0 Å². The van der Waals surface area contributed by atoms with E-state index >= 15 is 0 Å². The van der Waals surface area contributed by atoms with Gasteiger partial charge < -0.3 is 19.7 Å². The largest absolute Gasteiger partial charge is 0.493 e. The van der Waals surface area contributed by atoms with Crippen LogP contribution in [0.2, 0.25) is 0 Å². The Balaban J connectivity index is 1.53. The van der Waals surface area contributed by atoms with Crippen molar-refractivity contribution in [1.29, 1.82) is 0 Å². The smallest absolute Gasteiger partial charge is 0.304 e. The van der Waals surface area contributed by atoms with Gasteiger partial charge in [0, 0.05) is 36.8 Å². The van der Waals surface area contributed by atoms with Gasteiger partial charge in [0.05, 0.1) is 12.0 Å². The third-order valence-electron chi connectivity index (χ3n) is 4.74. The van der Waals surface area contributed by atoms with Gasteiger partial charge in [-0.2, -0.15) is 4.39 Å². The van der Waals surface area contributed by atoms with E-state index in [-0.39, 0.29) is 37.2 Å². The number of rotatable bonds is 10. The zero-order valence-corrected chi connectivity index (χ0v) is 16.9. The Morgan fingerprint density at radius 3 is 2.55 bits per heavy atom. The summed E-state index contributed by atoms with van der Waals surface area (Å²) in [5.74, 6) is -0.749. The van der Waals surface area contributed by atoms with Crippen molar-refractivity contribution in [3.8, 4) is 11.5 Å². The van der Waals surface area contributed by atoms with Crippen LogP contribution < -0.4 is 14.8 Å². The van der Waals surface area contributed by atoms with Crippen LogP contribution >= 0.6 is 0 Å². The number of ether oxygens (including phenoxy) is 2. The van der Waals surface area contributed by atoms with Crippen LogP contribution in [0.25, 0.3) is 0 Å². The van der Waals surface area contributed by atoms with Crippen molar-refractivity contribution in [3.05, 3.63) is 58.4 Å². The molecule has 10 heteroatoms. The number of methoxy groups -OCH3 is 1. The van der Waals surface area contributed by atoms with Crippen LogP contribution in [-0.2, 0) is 9.59 Å². The van der Waals surface area contributed by atoms with Gasteiger partial charge in [-0.15, -0.1) is 0 Å². The number of carbonyl (C=O) groups excluding carboxylic acids is 2. The number of amides is 2. The Hall–Kier alpha value is -3.69. The van der Waals surface area contributed by atoms with Crippen LogP contribution in [0.3, 0.4) is 0 Å². The highest BCUT2D eigenvalue weighted by atomic mass is 19.1. The molecule has 2 aromatic rings. The maximum atomic E-state index is 13.7. The number of anilines is 1. The van der Waals surface area contributed by atoms with Gasteiger partial charge in [0.1, 0.15) is 0 Å². The van der Waals surface area contributed by atoms with E-state index in [9.17, 15) is 24.1 Å². The number of carbonyl (C=O) groups is 2. The second-order valence-electron chi connectivity index (χ2n) is 6.98. The summed E-state index contributed by atoms with van der Waals surface area (Å²) in [6.45, 7) is -0.00780. The van der Waals surface area contributed by atoms with E-state index in [4.69, 9.17) is 9.47 Å². The molecule has 164 valence electrons. The first-order chi connectivity index (χ1) is 14.9. The van der Waals surface area contributed by atoms with Crippen LogP contribution in [0.15, 0.2) is 42.5 Å². The SMILES string of the molecule is COc1ccccc1OCC(=O)N(CCC(=O)Nc1ccc([N+](=O)[O-])c(F)c1)C1CC1. The monoisotopic (exact) mass is 431 g/mol. The zero-order chi connectivity index (χ0) is 22.4. The summed E-state index contributed by atoms with van der Waals surface area (Å²) in [6, 6.07) is 10.2. The summed E-state index contributed by atoms with van der Waals surface area (Å²) in [4.78, 5) is 36.3. The molecule has 0 spiro atoms. The lowest BCUT2D eigenvalue weighted by Gasteiger charge is -2.22. The summed E-state index contributed by atoms with van der Waals surface area (Å²) >= 11 is 0. The highest BCUT2D eigenvalue weighted by Gasteiger charge is 2.33. The van der Waals surface area contributed by atoms with E-state index in [0.29, 0.717) is 11.5 Å². The molecule has 1 aliphatic rings. The number of hydrogen-bond donors (Lipinski definition) is 1. The number of para-hydroxylation sites is 2. The fourth-order valence-corrected chi connectivity index (χ4v) is 3.04. The summed E-state index contributed by atoms with van der Waals surface area (Å²) < 4.78 is 24.5. The van der Waals surface area contributed by atoms with Gasteiger partial charge in [-0.3, -0.25) is 19.7 Å². The molecule has 0 saturated heterocycles. The topological polar surface area (TPSA) is 111 Å². The number of nitro benzene ring substituents is 1. The summed E-state index contributed by atoms with van der Waals surface area (Å²) in [5, 5.41) is 13.2. The lowest BCUT2D eigenvalue weighted by molar-refractivity contribution is -0.387. The average molecular weight is 431 g/mol. The molecule has 31 heavy (non-hydrogen) atoms. The molecular weight excluding hydrogens is 409 g/mol. The molecule has 0 atom stereocenters. The van der Waals surface area contributed by atoms with Gasteiger partial charge in [0.15, 0.2) is 18.1 Å². The molecule has 1 aliphatic carbocycles. The minimum Gasteiger partial charge on any atom is -0.493 e. The highest BCUT2D eigenvalue weighted by Crippen LogP contribution is 2.29. The first-order valence-electron chi connectivity index (χ1n) is 9.68. The third-order valence-corrected chi connectivity index (χ3v) is 4.74. The van der Waals surface area contributed by atoms with Gasteiger partial charge >= 0.3 is 5.69 Å². The number of nitro groups is 1. The number of nitrogens with one attached hydrogen (secondary N) is 1. The second-order valence-corrected chi connectivity index (χ2v) is 6.98. The average Bonchev–Trinajstić information content (AvgIpc) is 3.57. The molecule has 2 amide bonds. The lowest BCUT2D eigenvalue weighted by atomic mass is 10.2. The summed E-state index contributed by atoms with van der Waals surface area (Å²) in [5.41, 5.74) is -0.560. The van der Waals surface area contributed by atoms with Crippen LogP contribution in [-0.4, -0.2) is 47.9 Å². The van der Waals surface area contributed by atoms with Gasteiger partial charge in [-0.1, -0.05) is 12.1 Å². The molecule has 1 N–H and O–H groups in total. The predicted molar refractivity (Wildman–Crippen MR) is 110 cm³/mol. The Kier molecular flexibility index (Phi) is 7.01. The summed E-state index contributed by atoms with van der Waals surface area (Å²) in [7, 11) is 1.51. The van der Waals surface area contributed by atoms with E-state index in [1.807, 2.05) is 0 Å². The Bertz CT molecular complexity index is 979. The van der Waals surface area contributed by atoms with Crippen molar-refractivity contribution in [3.63, 3.8) is 0 Å². The van der Waals surface area contributed by atoms with Gasteiger partial charge in [-0.25, -0.2) is 0 Å². The normalized spacial score (nSPS) is 12.7. The maximum absolute atomic E-state index is 13.7. The summed E-state index contributed by atoms with van der Waals surface area (Å²) in [6.07, 6.45) is 1.71. The van der Waals surface area contributed by atoms with Crippen molar-refractivity contribution < 1.29 is 28.4 Å². The van der Waals surface area contributed by atoms with Gasteiger partial charge in [0.2, 0.25) is 11.7 Å². The fourth-order valence-electron chi connectivity index (χ4n) is 3.04. The third kappa shape index (κ3) is 5.91. The predicted octanol–water partition coefficient (Wildman–Crippen LogP) is 3.14. The van der Waals surface area contributed by atoms with Crippen LogP contribution in [0.4, 0.5) is 15.8 Å². The van der Waals surface area contributed by atoms with Crippen LogP contribution in [0.5, 0.6) is 11.5 Å². The molecule has 1 fully saturated rings. The maximum Gasteiger partial charge on any atom is 0.304 e. The van der Waals surface area contributed by atoms with E-state index in [0.717, 1.165) is 25.0 Å². The van der Waals surface area contributed by atoms with Crippen molar-refractivity contribution in [2.45, 2.75) is 25.3 Å². The molecule has 0 radical (unpaired) electrons. The molecular formula is C21H22FN3O6. The van der Waals surface area contributed by atoms with Crippen molar-refractivity contribution in [2.75, 3.05) is 25.6 Å². The molecule has 1 saturated carbocycles. The number of halogens is 1. The van der Waals surface area contributed by atoms with Gasteiger partial charge in [0.25, 0.3) is 5.91 Å². The van der Waals surface area contributed by atoms with E-state index in [2.05, 4.69) is 5.32 Å². The standard InChI is InChI=1S/C21H22FN3O6/c1-30-18-4-2-3-5-19(18)31-13-21(27)24(15-7-8-15)11-10-20(26)23-14-6-9-17(25(28)29)16(22)12-14/h2-6,9,12,15H,7-8,10-11,13H2,1H3,(H,23,26). The molecule has 3 rings (SSSR count). The molecule has 0 unspecified atom stereocenters. The van der Waals surface area contributed by atoms with Crippen molar-refractivity contribution in [1.82, 2.24) is 4.90 Å². The number of hydrogen-bond acceptors (Lipinski definition) is 6. The molecule has 9 nitrogen and oxygen atoms in total. The zero-order valence-electron chi connectivity index (χ0n) is 16.9. The van der Waals surface area contributed by atoms with Crippen molar-refractivity contribution >= 4 is 23.2 Å². The minimum atomic E-state index is -1.04. The molecule has 0 aromatic heterocycles. The fraction of sp³-hybridized carbons (Fsp3) is 0.333. The Morgan fingerprint density at radius 2 is 1.94 bits per heavy atom. The molecule has 0 aliphatic heterocycles. The molecule has 0 heterocycles. The Morgan fingerprint density at radius 1 is 1.23 bits per heavy atom. The van der Waals surface area contributed by atoms with E-state index < -0.39 is 22.3 Å². The first kappa shape index (κ1) is 22.0. The lowest BCUT2D eigenvalue weighted by Crippen LogP contribution is -2.38. The highest BCUT2D eigenvalue weighted by molar-refractivity contribution is 5.91. The quantitative estimate of drug-likeness (QED) is 0.457. The van der Waals surface area contributed by atoms with E-state index in [1.165, 1.54) is 13.2 Å². The first-order valence-corrected chi connectivity index (χ1v) is 9.68. The van der Waals surface area contributed by atoms with Crippen LogP contribution in [0, 0.1) is 15.9 Å². The second kappa shape index (κ2) is 9.88.